The van der Waals surface area contributed by atoms with Gasteiger partial charge in [0.15, 0.2) is 5.60 Å². The molecule has 3 nitrogen and oxygen atoms in total. The van der Waals surface area contributed by atoms with Crippen molar-refractivity contribution in [3.8, 4) is 0 Å². The number of epoxide rings is 1. The Labute approximate surface area is 134 Å². The van der Waals surface area contributed by atoms with Crippen molar-refractivity contribution in [2.75, 3.05) is 13.2 Å². The molecule has 1 atom stereocenters. The van der Waals surface area contributed by atoms with Crippen LogP contribution in [0.2, 0.25) is 0 Å². The summed E-state index contributed by atoms with van der Waals surface area (Å²) in [6.45, 7) is 2.82. The van der Waals surface area contributed by atoms with Crippen molar-refractivity contribution < 1.29 is 14.3 Å². The van der Waals surface area contributed by atoms with Gasteiger partial charge >= 0.3 is 5.97 Å². The molecule has 0 unspecified atom stereocenters. The van der Waals surface area contributed by atoms with Gasteiger partial charge in [0.2, 0.25) is 0 Å². The van der Waals surface area contributed by atoms with Gasteiger partial charge in [0, 0.05) is 0 Å². The van der Waals surface area contributed by atoms with Gasteiger partial charge in [-0.2, -0.15) is 0 Å². The lowest BCUT2D eigenvalue weighted by Crippen LogP contribution is -2.27. The number of benzene rings is 1. The van der Waals surface area contributed by atoms with Crippen molar-refractivity contribution in [2.45, 2.75) is 63.9 Å². The molecule has 1 fully saturated rings. The molecular formula is C19H28O3. The Morgan fingerprint density at radius 2 is 1.73 bits per heavy atom. The standard InChI is InChI=1S/C19H28O3/c1-2-21-18(20)19(16-22-19)15-11-6-4-3-5-8-12-17-13-9-7-10-14-17/h7,9-10,13-14H,2-6,8,11-12,15-16H2,1H3/t19-/m1/s1. The van der Waals surface area contributed by atoms with Crippen LogP contribution < -0.4 is 0 Å². The van der Waals surface area contributed by atoms with Crippen LogP contribution in [0.1, 0.15) is 57.4 Å². The number of ether oxygens (including phenoxy) is 2. The second-order valence-electron chi connectivity index (χ2n) is 6.11. The van der Waals surface area contributed by atoms with E-state index in [-0.39, 0.29) is 5.97 Å². The third-order valence-corrected chi connectivity index (χ3v) is 4.28. The van der Waals surface area contributed by atoms with Crippen LogP contribution in [0.5, 0.6) is 0 Å². The second-order valence-corrected chi connectivity index (χ2v) is 6.11. The highest BCUT2D eigenvalue weighted by Crippen LogP contribution is 2.34. The quantitative estimate of drug-likeness (QED) is 0.348. The molecule has 0 saturated carbocycles. The number of carbonyl (C=O) groups is 1. The van der Waals surface area contributed by atoms with Crippen LogP contribution in [0, 0.1) is 0 Å². The summed E-state index contributed by atoms with van der Waals surface area (Å²) in [5, 5.41) is 0. The summed E-state index contributed by atoms with van der Waals surface area (Å²) in [6, 6.07) is 10.7. The van der Waals surface area contributed by atoms with Gasteiger partial charge in [0.05, 0.1) is 13.2 Å². The number of hydrogen-bond donors (Lipinski definition) is 0. The summed E-state index contributed by atoms with van der Waals surface area (Å²) < 4.78 is 10.4. The van der Waals surface area contributed by atoms with E-state index in [2.05, 4.69) is 30.3 Å². The largest absolute Gasteiger partial charge is 0.464 e. The summed E-state index contributed by atoms with van der Waals surface area (Å²) in [4.78, 5) is 11.7. The molecule has 22 heavy (non-hydrogen) atoms. The molecule has 0 spiro atoms. The van der Waals surface area contributed by atoms with Crippen molar-refractivity contribution in [2.24, 2.45) is 0 Å². The summed E-state index contributed by atoms with van der Waals surface area (Å²) >= 11 is 0. The lowest BCUT2D eigenvalue weighted by Gasteiger charge is -2.10. The Kier molecular flexibility index (Phi) is 6.91. The van der Waals surface area contributed by atoms with Gasteiger partial charge in [-0.3, -0.25) is 0 Å². The monoisotopic (exact) mass is 304 g/mol. The van der Waals surface area contributed by atoms with E-state index in [1.807, 2.05) is 6.92 Å². The lowest BCUT2D eigenvalue weighted by atomic mass is 10.0. The third kappa shape index (κ3) is 5.45. The van der Waals surface area contributed by atoms with Crippen molar-refractivity contribution in [1.82, 2.24) is 0 Å². The zero-order valence-corrected chi connectivity index (χ0v) is 13.7. The third-order valence-electron chi connectivity index (χ3n) is 4.28. The molecule has 1 saturated heterocycles. The molecule has 0 bridgehead atoms. The average Bonchev–Trinajstić information content (AvgIpc) is 3.32. The minimum absolute atomic E-state index is 0.169. The fourth-order valence-corrected chi connectivity index (χ4v) is 2.81. The number of unbranched alkanes of at least 4 members (excludes halogenated alkanes) is 5. The summed E-state index contributed by atoms with van der Waals surface area (Å²) in [6.07, 6.45) is 9.30. The van der Waals surface area contributed by atoms with E-state index in [4.69, 9.17) is 9.47 Å². The van der Waals surface area contributed by atoms with Gasteiger partial charge in [-0.1, -0.05) is 56.0 Å². The van der Waals surface area contributed by atoms with Crippen molar-refractivity contribution in [1.29, 1.82) is 0 Å². The van der Waals surface area contributed by atoms with Gasteiger partial charge in [-0.25, -0.2) is 4.79 Å². The highest BCUT2D eigenvalue weighted by molar-refractivity contribution is 5.82. The maximum atomic E-state index is 11.7. The molecular weight excluding hydrogens is 276 g/mol. The Bertz CT molecular complexity index is 437. The normalized spacial score (nSPS) is 19.9. The Morgan fingerprint density at radius 3 is 2.36 bits per heavy atom. The molecule has 0 aromatic heterocycles. The van der Waals surface area contributed by atoms with Crippen LogP contribution in [-0.4, -0.2) is 24.8 Å². The molecule has 0 amide bonds. The van der Waals surface area contributed by atoms with Gasteiger partial charge in [-0.05, 0) is 38.2 Å². The van der Waals surface area contributed by atoms with Crippen molar-refractivity contribution in [3.63, 3.8) is 0 Å². The summed E-state index contributed by atoms with van der Waals surface area (Å²) in [5.41, 5.74) is 0.855. The van der Waals surface area contributed by atoms with E-state index in [0.29, 0.717) is 13.2 Å². The molecule has 1 aliphatic rings. The van der Waals surface area contributed by atoms with Gasteiger partial charge < -0.3 is 9.47 Å². The van der Waals surface area contributed by atoms with Crippen LogP contribution >= 0.6 is 0 Å². The minimum Gasteiger partial charge on any atom is -0.464 e. The van der Waals surface area contributed by atoms with Crippen LogP contribution in [0.4, 0.5) is 0 Å². The molecule has 0 radical (unpaired) electrons. The minimum atomic E-state index is -0.580. The smallest absolute Gasteiger partial charge is 0.340 e. The first kappa shape index (κ1) is 17.0. The number of hydrogen-bond acceptors (Lipinski definition) is 3. The Morgan fingerprint density at radius 1 is 1.09 bits per heavy atom. The van der Waals surface area contributed by atoms with E-state index < -0.39 is 5.60 Å². The number of esters is 1. The first-order chi connectivity index (χ1) is 10.8. The van der Waals surface area contributed by atoms with Crippen LogP contribution in [0.15, 0.2) is 30.3 Å². The number of carbonyl (C=O) groups excluding carboxylic acids is 1. The van der Waals surface area contributed by atoms with Gasteiger partial charge in [-0.15, -0.1) is 0 Å². The van der Waals surface area contributed by atoms with Crippen molar-refractivity contribution in [3.05, 3.63) is 35.9 Å². The molecule has 1 aliphatic heterocycles. The van der Waals surface area contributed by atoms with Crippen molar-refractivity contribution >= 4 is 5.97 Å². The summed E-state index contributed by atoms with van der Waals surface area (Å²) in [7, 11) is 0. The number of aryl methyl sites for hydroxylation is 1. The SMILES string of the molecule is CCOC(=O)[C@@]1(CCCCCCCCc2ccccc2)CO1. The zero-order chi connectivity index (χ0) is 15.7. The molecule has 0 aliphatic carbocycles. The maximum Gasteiger partial charge on any atom is 0.340 e. The van der Waals surface area contributed by atoms with Crippen LogP contribution in [-0.2, 0) is 20.7 Å². The molecule has 122 valence electrons. The molecule has 3 heteroatoms. The lowest BCUT2D eigenvalue weighted by molar-refractivity contribution is -0.149. The molecule has 1 aromatic carbocycles. The van der Waals surface area contributed by atoms with E-state index in [1.165, 1.54) is 44.1 Å². The van der Waals surface area contributed by atoms with Crippen LogP contribution in [0.25, 0.3) is 0 Å². The Balaban J connectivity index is 1.46. The van der Waals surface area contributed by atoms with E-state index in [1.54, 1.807) is 0 Å². The fourth-order valence-electron chi connectivity index (χ4n) is 2.81. The predicted octanol–water partition coefficient (Wildman–Crippen LogP) is 4.29. The average molecular weight is 304 g/mol. The summed E-state index contributed by atoms with van der Waals surface area (Å²) in [5.74, 6) is -0.169. The van der Waals surface area contributed by atoms with E-state index >= 15 is 0 Å². The predicted molar refractivity (Wildman–Crippen MR) is 87.8 cm³/mol. The van der Waals surface area contributed by atoms with Gasteiger partial charge in [0.1, 0.15) is 0 Å². The van der Waals surface area contributed by atoms with E-state index in [9.17, 15) is 4.79 Å². The highest BCUT2D eigenvalue weighted by Gasteiger charge is 2.52. The fraction of sp³-hybridized carbons (Fsp3) is 0.632. The first-order valence-electron chi connectivity index (χ1n) is 8.62. The molecule has 2 rings (SSSR count). The van der Waals surface area contributed by atoms with Gasteiger partial charge in [0.25, 0.3) is 0 Å². The first-order valence-corrected chi connectivity index (χ1v) is 8.62. The van der Waals surface area contributed by atoms with Crippen LogP contribution in [0.3, 0.4) is 0 Å². The molecule has 1 aromatic rings. The Hall–Kier alpha value is -1.35. The highest BCUT2D eigenvalue weighted by atomic mass is 16.6. The molecule has 1 heterocycles. The topological polar surface area (TPSA) is 38.8 Å². The second kappa shape index (κ2) is 8.94. The van der Waals surface area contributed by atoms with E-state index in [0.717, 1.165) is 12.8 Å². The maximum absolute atomic E-state index is 11.7. The number of rotatable bonds is 11. The zero-order valence-electron chi connectivity index (χ0n) is 13.7. The molecule has 0 N–H and O–H groups in total.